The van der Waals surface area contributed by atoms with Crippen molar-refractivity contribution in [1.82, 2.24) is 0 Å². The summed E-state index contributed by atoms with van der Waals surface area (Å²) in [5.41, 5.74) is 1.77. The van der Waals surface area contributed by atoms with Crippen LogP contribution in [0.1, 0.15) is 25.8 Å². The molecule has 0 aliphatic heterocycles. The molecule has 0 aliphatic rings. The van der Waals surface area contributed by atoms with Crippen molar-refractivity contribution in [1.29, 1.82) is 0 Å². The van der Waals surface area contributed by atoms with Gasteiger partial charge in [0.2, 0.25) is 0 Å². The minimum atomic E-state index is 0.299. The molecule has 1 aromatic rings. The van der Waals surface area contributed by atoms with Gasteiger partial charge in [0.05, 0.1) is 5.71 Å². The predicted octanol–water partition coefficient (Wildman–Crippen LogP) is 2.91. The fourth-order valence-electron chi connectivity index (χ4n) is 1.24. The van der Waals surface area contributed by atoms with E-state index in [0.717, 1.165) is 17.7 Å². The van der Waals surface area contributed by atoms with Crippen molar-refractivity contribution in [3.8, 4) is 0 Å². The lowest BCUT2D eigenvalue weighted by atomic mass is 9.96. The van der Waals surface area contributed by atoms with Gasteiger partial charge in [0.15, 0.2) is 0 Å². The fourth-order valence-corrected chi connectivity index (χ4v) is 1.24. The normalized spacial score (nSPS) is 14.2. The van der Waals surface area contributed by atoms with Crippen LogP contribution in [0.25, 0.3) is 0 Å². The minimum Gasteiger partial charge on any atom is -0.411 e. The molecule has 70 valence electrons. The highest BCUT2D eigenvalue weighted by molar-refractivity contribution is 6.01. The lowest BCUT2D eigenvalue weighted by Crippen LogP contribution is -2.11. The van der Waals surface area contributed by atoms with E-state index in [2.05, 4.69) is 19.0 Å². The third-order valence-corrected chi connectivity index (χ3v) is 2.26. The second-order valence-electron chi connectivity index (χ2n) is 3.16. The predicted molar refractivity (Wildman–Crippen MR) is 54.2 cm³/mol. The SMILES string of the molecule is CC[C@H](C)/C(=N/O)c1ccccc1. The van der Waals surface area contributed by atoms with E-state index < -0.39 is 0 Å². The molecule has 0 fully saturated rings. The second-order valence-corrected chi connectivity index (χ2v) is 3.16. The second kappa shape index (κ2) is 4.65. The molecule has 0 radical (unpaired) electrons. The Hall–Kier alpha value is -1.31. The standard InChI is InChI=1S/C11H15NO/c1-3-9(2)11(12-13)10-7-5-4-6-8-10/h4-9,13H,3H2,1-2H3/b12-11-/t9-/m0/s1. The molecule has 0 aromatic heterocycles. The molecule has 0 amide bonds. The number of oxime groups is 1. The van der Waals surface area contributed by atoms with Gasteiger partial charge >= 0.3 is 0 Å². The van der Waals surface area contributed by atoms with Crippen molar-refractivity contribution in [2.75, 3.05) is 0 Å². The molecule has 13 heavy (non-hydrogen) atoms. The lowest BCUT2D eigenvalue weighted by molar-refractivity contribution is 0.315. The van der Waals surface area contributed by atoms with Crippen LogP contribution in [0.4, 0.5) is 0 Å². The average Bonchev–Trinajstić information content (AvgIpc) is 2.20. The molecular weight excluding hydrogens is 162 g/mol. The Bertz CT molecular complexity index is 279. The first-order chi connectivity index (χ1) is 6.29. The molecule has 1 aromatic carbocycles. The zero-order chi connectivity index (χ0) is 9.68. The highest BCUT2D eigenvalue weighted by Gasteiger charge is 2.10. The van der Waals surface area contributed by atoms with Gasteiger partial charge in [0.25, 0.3) is 0 Å². The Balaban J connectivity index is 2.93. The molecule has 1 atom stereocenters. The first-order valence-corrected chi connectivity index (χ1v) is 4.57. The quantitative estimate of drug-likeness (QED) is 0.430. The molecule has 0 spiro atoms. The molecule has 0 saturated carbocycles. The van der Waals surface area contributed by atoms with Crippen LogP contribution in [0.5, 0.6) is 0 Å². The van der Waals surface area contributed by atoms with Crippen LogP contribution in [0.2, 0.25) is 0 Å². The van der Waals surface area contributed by atoms with E-state index >= 15 is 0 Å². The van der Waals surface area contributed by atoms with Crippen LogP contribution < -0.4 is 0 Å². The summed E-state index contributed by atoms with van der Waals surface area (Å²) < 4.78 is 0. The van der Waals surface area contributed by atoms with Gasteiger partial charge in [-0.05, 0) is 12.0 Å². The smallest absolute Gasteiger partial charge is 0.0895 e. The van der Waals surface area contributed by atoms with Crippen LogP contribution in [0.15, 0.2) is 35.5 Å². The molecule has 0 aliphatic carbocycles. The van der Waals surface area contributed by atoms with Gasteiger partial charge in [0, 0.05) is 5.92 Å². The third kappa shape index (κ3) is 2.31. The minimum absolute atomic E-state index is 0.299. The summed E-state index contributed by atoms with van der Waals surface area (Å²) in [6, 6.07) is 9.77. The molecule has 0 saturated heterocycles. The summed E-state index contributed by atoms with van der Waals surface area (Å²) in [6.45, 7) is 4.14. The molecule has 0 heterocycles. The highest BCUT2D eigenvalue weighted by atomic mass is 16.4. The van der Waals surface area contributed by atoms with Crippen LogP contribution >= 0.6 is 0 Å². The Morgan fingerprint density at radius 3 is 2.46 bits per heavy atom. The molecule has 1 N–H and O–H groups in total. The van der Waals surface area contributed by atoms with E-state index in [-0.39, 0.29) is 0 Å². The lowest BCUT2D eigenvalue weighted by Gasteiger charge is -2.10. The van der Waals surface area contributed by atoms with E-state index in [9.17, 15) is 0 Å². The fraction of sp³-hybridized carbons (Fsp3) is 0.364. The van der Waals surface area contributed by atoms with E-state index in [1.807, 2.05) is 30.3 Å². The number of rotatable bonds is 3. The average molecular weight is 177 g/mol. The summed E-state index contributed by atoms with van der Waals surface area (Å²) in [5, 5.41) is 12.2. The highest BCUT2D eigenvalue weighted by Crippen LogP contribution is 2.12. The van der Waals surface area contributed by atoms with E-state index in [1.54, 1.807) is 0 Å². The zero-order valence-electron chi connectivity index (χ0n) is 8.07. The number of benzene rings is 1. The summed E-state index contributed by atoms with van der Waals surface area (Å²) in [4.78, 5) is 0. The molecule has 1 rings (SSSR count). The molecule has 0 bridgehead atoms. The maximum absolute atomic E-state index is 8.87. The van der Waals surface area contributed by atoms with Crippen LogP contribution in [-0.2, 0) is 0 Å². The summed E-state index contributed by atoms with van der Waals surface area (Å²) in [7, 11) is 0. The maximum atomic E-state index is 8.87. The van der Waals surface area contributed by atoms with Crippen LogP contribution in [0.3, 0.4) is 0 Å². The van der Waals surface area contributed by atoms with E-state index in [0.29, 0.717) is 5.92 Å². The van der Waals surface area contributed by atoms with E-state index in [1.165, 1.54) is 0 Å². The zero-order valence-corrected chi connectivity index (χ0v) is 8.07. The first-order valence-electron chi connectivity index (χ1n) is 4.57. The van der Waals surface area contributed by atoms with Crippen molar-refractivity contribution >= 4 is 5.71 Å². The van der Waals surface area contributed by atoms with Gasteiger partial charge in [-0.15, -0.1) is 0 Å². The van der Waals surface area contributed by atoms with E-state index in [4.69, 9.17) is 5.21 Å². The van der Waals surface area contributed by atoms with Crippen molar-refractivity contribution in [2.24, 2.45) is 11.1 Å². The summed E-state index contributed by atoms with van der Waals surface area (Å²) in [5.74, 6) is 0.299. The monoisotopic (exact) mass is 177 g/mol. The topological polar surface area (TPSA) is 32.6 Å². The first kappa shape index (κ1) is 9.78. The van der Waals surface area contributed by atoms with Crippen LogP contribution in [-0.4, -0.2) is 10.9 Å². The summed E-state index contributed by atoms with van der Waals surface area (Å²) >= 11 is 0. The summed E-state index contributed by atoms with van der Waals surface area (Å²) in [6.07, 6.45) is 0.980. The van der Waals surface area contributed by atoms with Crippen molar-refractivity contribution in [2.45, 2.75) is 20.3 Å². The Kier molecular flexibility index (Phi) is 3.50. The maximum Gasteiger partial charge on any atom is 0.0895 e. The van der Waals surface area contributed by atoms with Gasteiger partial charge in [-0.2, -0.15) is 0 Å². The Morgan fingerprint density at radius 2 is 2.00 bits per heavy atom. The van der Waals surface area contributed by atoms with Crippen molar-refractivity contribution in [3.05, 3.63) is 35.9 Å². The van der Waals surface area contributed by atoms with Gasteiger partial charge in [-0.25, -0.2) is 0 Å². The van der Waals surface area contributed by atoms with Gasteiger partial charge in [0.1, 0.15) is 0 Å². The molecule has 2 heteroatoms. The Morgan fingerprint density at radius 1 is 1.38 bits per heavy atom. The number of hydrogen-bond acceptors (Lipinski definition) is 2. The van der Waals surface area contributed by atoms with Crippen molar-refractivity contribution < 1.29 is 5.21 Å². The largest absolute Gasteiger partial charge is 0.411 e. The molecule has 0 unspecified atom stereocenters. The molecule has 2 nitrogen and oxygen atoms in total. The van der Waals surface area contributed by atoms with Crippen LogP contribution in [0, 0.1) is 5.92 Å². The Labute approximate surface area is 78.9 Å². The number of hydrogen-bond donors (Lipinski definition) is 1. The van der Waals surface area contributed by atoms with Gasteiger partial charge in [-0.3, -0.25) is 0 Å². The van der Waals surface area contributed by atoms with Gasteiger partial charge < -0.3 is 5.21 Å². The number of nitrogens with zero attached hydrogens (tertiary/aromatic N) is 1. The van der Waals surface area contributed by atoms with Gasteiger partial charge in [-0.1, -0.05) is 49.3 Å². The molecular formula is C11H15NO. The van der Waals surface area contributed by atoms with Crippen molar-refractivity contribution in [3.63, 3.8) is 0 Å². The third-order valence-electron chi connectivity index (χ3n) is 2.26.